The summed E-state index contributed by atoms with van der Waals surface area (Å²) in [6.07, 6.45) is 0. The lowest BCUT2D eigenvalue weighted by Gasteiger charge is -2.18. The SMILES string of the molecule is OCC(Nc1ccc(F)cc1)c1ccc2c(c1)OCO2. The van der Waals surface area contributed by atoms with Gasteiger partial charge in [0.2, 0.25) is 6.79 Å². The molecule has 1 aliphatic heterocycles. The van der Waals surface area contributed by atoms with Gasteiger partial charge in [-0.3, -0.25) is 0 Å². The van der Waals surface area contributed by atoms with E-state index in [0.29, 0.717) is 11.5 Å². The van der Waals surface area contributed by atoms with E-state index in [1.807, 2.05) is 18.2 Å². The molecule has 2 aromatic rings. The van der Waals surface area contributed by atoms with Crippen LogP contribution in [0.2, 0.25) is 0 Å². The van der Waals surface area contributed by atoms with E-state index in [9.17, 15) is 9.50 Å². The number of halogens is 1. The summed E-state index contributed by atoms with van der Waals surface area (Å²) in [6.45, 7) is 0.130. The molecule has 4 nitrogen and oxygen atoms in total. The predicted octanol–water partition coefficient (Wildman–Crippen LogP) is 2.70. The van der Waals surface area contributed by atoms with E-state index in [1.165, 1.54) is 12.1 Å². The number of hydrogen-bond acceptors (Lipinski definition) is 4. The van der Waals surface area contributed by atoms with Crippen molar-refractivity contribution in [3.8, 4) is 11.5 Å². The molecule has 1 heterocycles. The smallest absolute Gasteiger partial charge is 0.231 e. The Kier molecular flexibility index (Phi) is 3.43. The fourth-order valence-corrected chi connectivity index (χ4v) is 2.11. The Morgan fingerprint density at radius 3 is 2.60 bits per heavy atom. The Morgan fingerprint density at radius 1 is 1.10 bits per heavy atom. The van der Waals surface area contributed by atoms with E-state index in [0.717, 1.165) is 11.3 Å². The minimum Gasteiger partial charge on any atom is -0.454 e. The highest BCUT2D eigenvalue weighted by Crippen LogP contribution is 2.34. The molecule has 104 valence electrons. The topological polar surface area (TPSA) is 50.7 Å². The number of rotatable bonds is 4. The highest BCUT2D eigenvalue weighted by atomic mass is 19.1. The first-order valence-electron chi connectivity index (χ1n) is 6.29. The van der Waals surface area contributed by atoms with Crippen LogP contribution < -0.4 is 14.8 Å². The summed E-state index contributed by atoms with van der Waals surface area (Å²) in [5.74, 6) is 1.08. The zero-order valence-corrected chi connectivity index (χ0v) is 10.7. The van der Waals surface area contributed by atoms with Crippen LogP contribution >= 0.6 is 0 Å². The fraction of sp³-hybridized carbons (Fsp3) is 0.200. The molecule has 0 spiro atoms. The molecule has 1 aliphatic rings. The van der Waals surface area contributed by atoms with Crippen molar-refractivity contribution in [3.05, 3.63) is 53.8 Å². The molecule has 20 heavy (non-hydrogen) atoms. The van der Waals surface area contributed by atoms with E-state index in [4.69, 9.17) is 9.47 Å². The molecule has 0 amide bonds. The highest BCUT2D eigenvalue weighted by Gasteiger charge is 2.17. The van der Waals surface area contributed by atoms with Gasteiger partial charge in [0.1, 0.15) is 5.82 Å². The largest absolute Gasteiger partial charge is 0.454 e. The summed E-state index contributed by atoms with van der Waals surface area (Å²) < 4.78 is 23.4. The van der Waals surface area contributed by atoms with Crippen LogP contribution in [0.4, 0.5) is 10.1 Å². The van der Waals surface area contributed by atoms with Gasteiger partial charge < -0.3 is 19.9 Å². The van der Waals surface area contributed by atoms with Crippen LogP contribution in [-0.4, -0.2) is 18.5 Å². The summed E-state index contributed by atoms with van der Waals surface area (Å²) in [6, 6.07) is 11.2. The van der Waals surface area contributed by atoms with Crippen molar-refractivity contribution < 1.29 is 19.0 Å². The first-order chi connectivity index (χ1) is 9.76. The maximum absolute atomic E-state index is 12.9. The summed E-state index contributed by atoms with van der Waals surface area (Å²) in [5, 5.41) is 12.7. The molecule has 0 aliphatic carbocycles. The molecule has 0 aromatic heterocycles. The monoisotopic (exact) mass is 275 g/mol. The molecule has 2 N–H and O–H groups in total. The molecule has 5 heteroatoms. The second-order valence-electron chi connectivity index (χ2n) is 4.50. The number of anilines is 1. The van der Waals surface area contributed by atoms with Gasteiger partial charge in [-0.2, -0.15) is 0 Å². The first kappa shape index (κ1) is 12.7. The zero-order valence-electron chi connectivity index (χ0n) is 10.7. The Bertz CT molecular complexity index is 601. The maximum atomic E-state index is 12.9. The molecule has 0 fully saturated rings. The van der Waals surface area contributed by atoms with E-state index in [2.05, 4.69) is 5.32 Å². The average molecular weight is 275 g/mol. The second kappa shape index (κ2) is 5.38. The van der Waals surface area contributed by atoms with Crippen LogP contribution in [0.25, 0.3) is 0 Å². The van der Waals surface area contributed by atoms with E-state index in [1.54, 1.807) is 12.1 Å². The minimum absolute atomic E-state index is 0.0863. The zero-order chi connectivity index (χ0) is 13.9. The standard InChI is InChI=1S/C15H14FNO3/c16-11-2-4-12(5-3-11)17-13(8-18)10-1-6-14-15(7-10)20-9-19-14/h1-7,13,17-18H,8-9H2. The summed E-state index contributed by atoms with van der Waals surface area (Å²) in [5.41, 5.74) is 1.61. The van der Waals surface area contributed by atoms with E-state index >= 15 is 0 Å². The Morgan fingerprint density at radius 2 is 1.85 bits per heavy atom. The number of hydrogen-bond donors (Lipinski definition) is 2. The highest BCUT2D eigenvalue weighted by molar-refractivity contribution is 5.49. The third-order valence-corrected chi connectivity index (χ3v) is 3.17. The van der Waals surface area contributed by atoms with Crippen LogP contribution in [0.5, 0.6) is 11.5 Å². The Labute approximate surface area is 115 Å². The number of aliphatic hydroxyl groups is 1. The molecule has 1 atom stereocenters. The average Bonchev–Trinajstić information content (AvgIpc) is 2.94. The quantitative estimate of drug-likeness (QED) is 0.900. The van der Waals surface area contributed by atoms with Gasteiger partial charge in [-0.15, -0.1) is 0 Å². The van der Waals surface area contributed by atoms with E-state index in [-0.39, 0.29) is 25.3 Å². The minimum atomic E-state index is -0.296. The number of ether oxygens (including phenoxy) is 2. The van der Waals surface area contributed by atoms with Crippen molar-refractivity contribution in [2.24, 2.45) is 0 Å². The van der Waals surface area contributed by atoms with Gasteiger partial charge in [0.05, 0.1) is 12.6 Å². The normalized spacial score (nSPS) is 14.1. The van der Waals surface area contributed by atoms with Crippen molar-refractivity contribution in [2.45, 2.75) is 6.04 Å². The van der Waals surface area contributed by atoms with Crippen LogP contribution in [0.3, 0.4) is 0 Å². The summed E-state index contributed by atoms with van der Waals surface area (Å²) in [4.78, 5) is 0. The van der Waals surface area contributed by atoms with Gasteiger partial charge in [0.15, 0.2) is 11.5 Å². The maximum Gasteiger partial charge on any atom is 0.231 e. The van der Waals surface area contributed by atoms with Gasteiger partial charge in [-0.05, 0) is 42.0 Å². The Balaban J connectivity index is 1.81. The third kappa shape index (κ3) is 2.53. The molecular formula is C15H14FNO3. The van der Waals surface area contributed by atoms with Crippen LogP contribution in [-0.2, 0) is 0 Å². The van der Waals surface area contributed by atoms with Crippen molar-refractivity contribution in [1.82, 2.24) is 0 Å². The van der Waals surface area contributed by atoms with Crippen LogP contribution in [0, 0.1) is 5.82 Å². The van der Waals surface area contributed by atoms with E-state index < -0.39 is 0 Å². The Hall–Kier alpha value is -2.27. The molecular weight excluding hydrogens is 261 g/mol. The first-order valence-corrected chi connectivity index (χ1v) is 6.29. The fourth-order valence-electron chi connectivity index (χ4n) is 2.11. The number of aliphatic hydroxyl groups excluding tert-OH is 1. The van der Waals surface area contributed by atoms with Crippen molar-refractivity contribution in [2.75, 3.05) is 18.7 Å². The summed E-state index contributed by atoms with van der Waals surface area (Å²) >= 11 is 0. The molecule has 0 bridgehead atoms. The lowest BCUT2D eigenvalue weighted by atomic mass is 10.1. The lowest BCUT2D eigenvalue weighted by Crippen LogP contribution is -2.14. The van der Waals surface area contributed by atoms with Gasteiger partial charge >= 0.3 is 0 Å². The van der Waals surface area contributed by atoms with Crippen LogP contribution in [0.15, 0.2) is 42.5 Å². The van der Waals surface area contributed by atoms with Crippen molar-refractivity contribution >= 4 is 5.69 Å². The van der Waals surface area contributed by atoms with Crippen molar-refractivity contribution in [1.29, 1.82) is 0 Å². The molecule has 0 saturated carbocycles. The molecule has 0 saturated heterocycles. The predicted molar refractivity (Wildman–Crippen MR) is 72.4 cm³/mol. The van der Waals surface area contributed by atoms with Crippen LogP contribution in [0.1, 0.15) is 11.6 Å². The number of fused-ring (bicyclic) bond motifs is 1. The second-order valence-corrected chi connectivity index (χ2v) is 4.50. The molecule has 2 aromatic carbocycles. The third-order valence-electron chi connectivity index (χ3n) is 3.17. The molecule has 3 rings (SSSR count). The van der Waals surface area contributed by atoms with Gasteiger partial charge in [-0.25, -0.2) is 4.39 Å². The number of nitrogens with one attached hydrogen (secondary N) is 1. The molecule has 0 radical (unpaired) electrons. The summed E-state index contributed by atoms with van der Waals surface area (Å²) in [7, 11) is 0. The van der Waals surface area contributed by atoms with Crippen molar-refractivity contribution in [3.63, 3.8) is 0 Å². The van der Waals surface area contributed by atoms with Gasteiger partial charge in [-0.1, -0.05) is 6.07 Å². The lowest BCUT2D eigenvalue weighted by molar-refractivity contribution is 0.174. The van der Waals surface area contributed by atoms with Gasteiger partial charge in [0.25, 0.3) is 0 Å². The number of benzene rings is 2. The molecule has 1 unspecified atom stereocenters. The van der Waals surface area contributed by atoms with Gasteiger partial charge in [0, 0.05) is 5.69 Å².